The molecule has 0 saturated heterocycles. The number of aryl methyl sites for hydroxylation is 1. The maximum Gasteiger partial charge on any atom is 0.239 e. The third kappa shape index (κ3) is 3.85. The molecule has 0 atom stereocenters. The van der Waals surface area contributed by atoms with E-state index >= 15 is 0 Å². The summed E-state index contributed by atoms with van der Waals surface area (Å²) in [6.07, 6.45) is 0. The number of hydrogen-bond donors (Lipinski definition) is 0. The molecule has 0 N–H and O–H groups in total. The third-order valence-corrected chi connectivity index (χ3v) is 6.34. The lowest BCUT2D eigenvalue weighted by Gasteiger charge is -2.16. The van der Waals surface area contributed by atoms with Crippen molar-refractivity contribution in [1.82, 2.24) is 4.98 Å². The van der Waals surface area contributed by atoms with Crippen molar-refractivity contribution in [2.24, 2.45) is 7.05 Å². The monoisotopic (exact) mass is 427 g/mol. The van der Waals surface area contributed by atoms with Crippen LogP contribution in [-0.2, 0) is 7.05 Å². The summed E-state index contributed by atoms with van der Waals surface area (Å²) in [7, 11) is 2.15. The van der Waals surface area contributed by atoms with Crippen LogP contribution in [0.5, 0.6) is 0 Å². The van der Waals surface area contributed by atoms with Crippen LogP contribution in [0.1, 0.15) is 11.3 Å². The first kappa shape index (κ1) is 20.8. The minimum Gasteiger partial charge on any atom is -0.234 e. The van der Waals surface area contributed by atoms with Crippen molar-refractivity contribution in [3.05, 3.63) is 120 Å². The molecule has 0 aliphatic rings. The van der Waals surface area contributed by atoms with E-state index in [1.54, 1.807) is 0 Å². The molecule has 2 heteroatoms. The first-order chi connectivity index (χ1) is 16.1. The Hall–Kier alpha value is -4.04. The Balaban J connectivity index is 1.83. The molecular weight excluding hydrogens is 400 g/mol. The molecule has 4 aromatic carbocycles. The molecule has 33 heavy (non-hydrogen) atoms. The van der Waals surface area contributed by atoms with Crippen molar-refractivity contribution in [1.29, 1.82) is 0 Å². The van der Waals surface area contributed by atoms with Gasteiger partial charge in [0.1, 0.15) is 18.4 Å². The zero-order valence-electron chi connectivity index (χ0n) is 19.3. The minimum atomic E-state index is 0.996. The Morgan fingerprint density at radius 3 is 1.67 bits per heavy atom. The van der Waals surface area contributed by atoms with Crippen molar-refractivity contribution in [3.8, 4) is 44.9 Å². The van der Waals surface area contributed by atoms with Gasteiger partial charge >= 0.3 is 0 Å². The average molecular weight is 428 g/mol. The summed E-state index contributed by atoms with van der Waals surface area (Å²) in [6, 6.07) is 38.2. The largest absolute Gasteiger partial charge is 0.239 e. The van der Waals surface area contributed by atoms with Gasteiger partial charge in [0, 0.05) is 18.1 Å². The first-order valence-corrected chi connectivity index (χ1v) is 11.3. The highest BCUT2D eigenvalue weighted by Gasteiger charge is 2.27. The lowest BCUT2D eigenvalue weighted by Crippen LogP contribution is -2.37. The second-order valence-corrected chi connectivity index (χ2v) is 8.39. The highest BCUT2D eigenvalue weighted by Crippen LogP contribution is 2.36. The molecule has 5 rings (SSSR count). The van der Waals surface area contributed by atoms with Crippen LogP contribution in [0.25, 0.3) is 44.9 Å². The Morgan fingerprint density at radius 1 is 0.515 bits per heavy atom. The van der Waals surface area contributed by atoms with Crippen LogP contribution >= 0.6 is 0 Å². The molecule has 160 valence electrons. The van der Waals surface area contributed by atoms with Crippen LogP contribution in [0.2, 0.25) is 0 Å². The zero-order chi connectivity index (χ0) is 22.8. The van der Waals surface area contributed by atoms with Crippen LogP contribution in [0, 0.1) is 13.8 Å². The van der Waals surface area contributed by atoms with Gasteiger partial charge in [0.25, 0.3) is 0 Å². The molecular formula is C31H27N2+. The van der Waals surface area contributed by atoms with Crippen molar-refractivity contribution in [2.45, 2.75) is 13.8 Å². The smallest absolute Gasteiger partial charge is 0.234 e. The predicted molar refractivity (Wildman–Crippen MR) is 137 cm³/mol. The first-order valence-electron chi connectivity index (χ1n) is 11.3. The quantitative estimate of drug-likeness (QED) is 0.277. The average Bonchev–Trinajstić information content (AvgIpc) is 2.87. The highest BCUT2D eigenvalue weighted by molar-refractivity contribution is 5.85. The van der Waals surface area contributed by atoms with E-state index in [1.807, 2.05) is 0 Å². The maximum atomic E-state index is 5.36. The van der Waals surface area contributed by atoms with E-state index in [2.05, 4.69) is 135 Å². The summed E-state index contributed by atoms with van der Waals surface area (Å²) in [5.74, 6) is 0. The molecule has 0 fully saturated rings. The predicted octanol–water partition coefficient (Wildman–Crippen LogP) is 7.19. The summed E-state index contributed by atoms with van der Waals surface area (Å²) >= 11 is 0. The molecule has 0 bridgehead atoms. The molecule has 0 aliphatic carbocycles. The van der Waals surface area contributed by atoms with Gasteiger partial charge in [-0.15, -0.1) is 0 Å². The van der Waals surface area contributed by atoms with Gasteiger partial charge < -0.3 is 0 Å². The van der Waals surface area contributed by atoms with Gasteiger partial charge in [-0.3, -0.25) is 0 Å². The molecule has 0 saturated carbocycles. The maximum absolute atomic E-state index is 5.36. The number of rotatable bonds is 4. The fourth-order valence-electron chi connectivity index (χ4n) is 4.49. The van der Waals surface area contributed by atoms with Crippen molar-refractivity contribution >= 4 is 0 Å². The Morgan fingerprint density at radius 2 is 1.03 bits per heavy atom. The van der Waals surface area contributed by atoms with Gasteiger partial charge in [0.15, 0.2) is 0 Å². The van der Waals surface area contributed by atoms with E-state index in [-0.39, 0.29) is 0 Å². The number of benzene rings is 4. The van der Waals surface area contributed by atoms with Gasteiger partial charge in [0.2, 0.25) is 11.4 Å². The number of aromatic nitrogens is 2. The summed E-state index contributed by atoms with van der Waals surface area (Å²) in [5.41, 5.74) is 11.4. The van der Waals surface area contributed by atoms with Crippen LogP contribution in [-0.4, -0.2) is 4.98 Å². The second-order valence-electron chi connectivity index (χ2n) is 8.39. The Labute approximate surface area is 195 Å². The van der Waals surface area contributed by atoms with E-state index in [0.29, 0.717) is 0 Å². The standard InChI is InChI=1S/C31H27N2/c1-22-14-10-11-19-26(22)31-30(25-17-8-5-9-18-25)32-29(23(2)33(31)3)28-21-13-12-20-27(28)24-15-6-4-7-16-24/h4-21H,1-3H3/q+1. The van der Waals surface area contributed by atoms with E-state index < -0.39 is 0 Å². The Bertz CT molecular complexity index is 1420. The van der Waals surface area contributed by atoms with Crippen LogP contribution < -0.4 is 4.57 Å². The van der Waals surface area contributed by atoms with E-state index in [4.69, 9.17) is 4.98 Å². The molecule has 0 radical (unpaired) electrons. The third-order valence-electron chi connectivity index (χ3n) is 6.34. The lowest BCUT2D eigenvalue weighted by atomic mass is 9.95. The molecule has 5 aromatic rings. The SMILES string of the molecule is Cc1ccccc1-c1c(-c2ccccc2)nc(-c2ccccc2-c2ccccc2)c(C)[n+]1C. The van der Waals surface area contributed by atoms with E-state index in [9.17, 15) is 0 Å². The normalized spacial score (nSPS) is 10.9. The zero-order valence-corrected chi connectivity index (χ0v) is 19.3. The van der Waals surface area contributed by atoms with Gasteiger partial charge in [-0.05, 0) is 29.7 Å². The summed E-state index contributed by atoms with van der Waals surface area (Å²) in [5, 5.41) is 0. The van der Waals surface area contributed by atoms with Crippen LogP contribution in [0.3, 0.4) is 0 Å². The van der Waals surface area contributed by atoms with Gasteiger partial charge in [-0.2, -0.15) is 4.57 Å². The molecule has 2 nitrogen and oxygen atoms in total. The van der Waals surface area contributed by atoms with Crippen LogP contribution in [0.4, 0.5) is 0 Å². The number of nitrogens with zero attached hydrogens (tertiary/aromatic N) is 2. The Kier molecular flexibility index (Phi) is 5.58. The van der Waals surface area contributed by atoms with Gasteiger partial charge in [-0.25, -0.2) is 4.98 Å². The highest BCUT2D eigenvalue weighted by atomic mass is 15.0. The minimum absolute atomic E-state index is 0.996. The molecule has 1 aromatic heterocycles. The molecule has 0 aliphatic heterocycles. The molecule has 0 unspecified atom stereocenters. The van der Waals surface area contributed by atoms with Crippen LogP contribution in [0.15, 0.2) is 109 Å². The fraction of sp³-hybridized carbons (Fsp3) is 0.0968. The van der Waals surface area contributed by atoms with E-state index in [1.165, 1.54) is 22.3 Å². The summed E-state index contributed by atoms with van der Waals surface area (Å²) in [6.45, 7) is 4.33. The fourth-order valence-corrected chi connectivity index (χ4v) is 4.49. The van der Waals surface area contributed by atoms with Gasteiger partial charge in [-0.1, -0.05) is 103 Å². The molecule has 0 amide bonds. The van der Waals surface area contributed by atoms with Crippen molar-refractivity contribution in [3.63, 3.8) is 0 Å². The van der Waals surface area contributed by atoms with Crippen molar-refractivity contribution < 1.29 is 4.57 Å². The topological polar surface area (TPSA) is 16.8 Å². The number of hydrogen-bond acceptors (Lipinski definition) is 1. The summed E-state index contributed by atoms with van der Waals surface area (Å²) < 4.78 is 2.30. The van der Waals surface area contributed by atoms with E-state index in [0.717, 1.165) is 33.9 Å². The van der Waals surface area contributed by atoms with Gasteiger partial charge in [0.05, 0.1) is 5.56 Å². The lowest BCUT2D eigenvalue weighted by molar-refractivity contribution is -0.666. The molecule has 1 heterocycles. The van der Waals surface area contributed by atoms with Crippen molar-refractivity contribution in [2.75, 3.05) is 0 Å². The second kappa shape index (κ2) is 8.84. The summed E-state index contributed by atoms with van der Waals surface area (Å²) in [4.78, 5) is 5.36. The molecule has 0 spiro atoms.